The minimum Gasteiger partial charge on any atom is -0.390 e. The molecule has 2 atom stereocenters. The molecule has 2 nitrogen and oxygen atoms in total. The van der Waals surface area contributed by atoms with Crippen molar-refractivity contribution in [3.63, 3.8) is 0 Å². The molecule has 13 heavy (non-hydrogen) atoms. The zero-order valence-electron chi connectivity index (χ0n) is 8.79. The first kappa shape index (κ1) is 10.7. The van der Waals surface area contributed by atoms with Gasteiger partial charge in [-0.25, -0.2) is 0 Å². The van der Waals surface area contributed by atoms with Gasteiger partial charge in [-0.15, -0.1) is 0 Å². The van der Waals surface area contributed by atoms with Gasteiger partial charge in [0.1, 0.15) is 0 Å². The van der Waals surface area contributed by atoms with Crippen molar-refractivity contribution >= 4 is 0 Å². The predicted octanol–water partition coefficient (Wildman–Crippen LogP) is 2.27. The summed E-state index contributed by atoms with van der Waals surface area (Å²) in [5.74, 6) is 0. The molecule has 1 aliphatic carbocycles. The second kappa shape index (κ2) is 4.77. The first-order valence-corrected chi connectivity index (χ1v) is 5.11. The summed E-state index contributed by atoms with van der Waals surface area (Å²) in [5.41, 5.74) is 1.41. The van der Waals surface area contributed by atoms with E-state index in [0.29, 0.717) is 0 Å². The van der Waals surface area contributed by atoms with Crippen LogP contribution in [0.25, 0.3) is 0 Å². The molecule has 0 radical (unpaired) electrons. The highest BCUT2D eigenvalue weighted by Gasteiger charge is 2.26. The Balaban J connectivity index is 2.50. The number of hydrogen-bond donors (Lipinski definition) is 1. The zero-order valence-corrected chi connectivity index (χ0v) is 8.79. The quantitative estimate of drug-likeness (QED) is 0.667. The van der Waals surface area contributed by atoms with Crippen molar-refractivity contribution in [2.45, 2.75) is 58.3 Å². The van der Waals surface area contributed by atoms with Crippen LogP contribution in [0.4, 0.5) is 0 Å². The van der Waals surface area contributed by atoms with Gasteiger partial charge in [-0.1, -0.05) is 11.6 Å². The van der Waals surface area contributed by atoms with Gasteiger partial charge in [0.2, 0.25) is 0 Å². The molecule has 2 unspecified atom stereocenters. The van der Waals surface area contributed by atoms with Crippen LogP contribution in [0, 0.1) is 0 Å². The van der Waals surface area contributed by atoms with Crippen molar-refractivity contribution in [2.24, 2.45) is 0 Å². The smallest absolute Gasteiger partial charge is 0.0874 e. The fourth-order valence-corrected chi connectivity index (χ4v) is 1.77. The maximum absolute atomic E-state index is 9.68. The van der Waals surface area contributed by atoms with Crippen LogP contribution in [-0.2, 0) is 4.74 Å². The third-order valence-electron chi connectivity index (χ3n) is 2.51. The lowest BCUT2D eigenvalue weighted by molar-refractivity contribution is -0.0739. The summed E-state index contributed by atoms with van der Waals surface area (Å²) in [5, 5.41) is 9.68. The Morgan fingerprint density at radius 3 is 2.77 bits per heavy atom. The Morgan fingerprint density at radius 2 is 2.23 bits per heavy atom. The Morgan fingerprint density at radius 1 is 1.54 bits per heavy atom. The van der Waals surface area contributed by atoms with Crippen LogP contribution in [0.5, 0.6) is 0 Å². The van der Waals surface area contributed by atoms with Gasteiger partial charge in [0, 0.05) is 0 Å². The molecule has 0 aliphatic heterocycles. The van der Waals surface area contributed by atoms with Crippen LogP contribution in [0.3, 0.4) is 0 Å². The second-order valence-electron chi connectivity index (χ2n) is 3.98. The Bertz CT molecular complexity index is 185. The molecule has 1 fully saturated rings. The molecule has 1 N–H and O–H groups in total. The first-order chi connectivity index (χ1) is 6.13. The Labute approximate surface area is 80.6 Å². The number of aliphatic hydroxyl groups excluding tert-OH is 1. The Hall–Kier alpha value is -0.340. The van der Waals surface area contributed by atoms with Crippen LogP contribution in [-0.4, -0.2) is 23.4 Å². The SMILES string of the molecule is C/C=C1\CCC(O)C(OC(C)C)C1. The van der Waals surface area contributed by atoms with Gasteiger partial charge in [0.05, 0.1) is 18.3 Å². The molecular formula is C11H20O2. The Kier molecular flexibility index (Phi) is 3.94. The maximum Gasteiger partial charge on any atom is 0.0874 e. The third-order valence-corrected chi connectivity index (χ3v) is 2.51. The number of ether oxygens (including phenoxy) is 1. The summed E-state index contributed by atoms with van der Waals surface area (Å²) in [6, 6.07) is 0. The third kappa shape index (κ3) is 3.12. The topological polar surface area (TPSA) is 29.5 Å². The van der Waals surface area contributed by atoms with E-state index in [1.54, 1.807) is 0 Å². The molecule has 0 heterocycles. The minimum absolute atomic E-state index is 0.0138. The highest BCUT2D eigenvalue weighted by Crippen LogP contribution is 2.26. The molecule has 1 saturated carbocycles. The lowest BCUT2D eigenvalue weighted by Crippen LogP contribution is -2.35. The molecule has 0 bridgehead atoms. The number of rotatable bonds is 2. The summed E-state index contributed by atoms with van der Waals surface area (Å²) in [4.78, 5) is 0. The zero-order chi connectivity index (χ0) is 9.84. The van der Waals surface area contributed by atoms with Crippen LogP contribution in [0.2, 0.25) is 0 Å². The van der Waals surface area contributed by atoms with Crippen LogP contribution < -0.4 is 0 Å². The van der Waals surface area contributed by atoms with Crippen molar-refractivity contribution in [1.82, 2.24) is 0 Å². The summed E-state index contributed by atoms with van der Waals surface area (Å²) < 4.78 is 5.64. The van der Waals surface area contributed by atoms with E-state index in [2.05, 4.69) is 13.0 Å². The summed E-state index contributed by atoms with van der Waals surface area (Å²) in [6.45, 7) is 6.08. The van der Waals surface area contributed by atoms with E-state index in [4.69, 9.17) is 4.74 Å². The predicted molar refractivity (Wildman–Crippen MR) is 53.6 cm³/mol. The van der Waals surface area contributed by atoms with E-state index in [1.165, 1.54) is 5.57 Å². The van der Waals surface area contributed by atoms with Gasteiger partial charge in [0.15, 0.2) is 0 Å². The van der Waals surface area contributed by atoms with E-state index in [0.717, 1.165) is 19.3 Å². The lowest BCUT2D eigenvalue weighted by atomic mass is 9.90. The fraction of sp³-hybridized carbons (Fsp3) is 0.818. The summed E-state index contributed by atoms with van der Waals surface area (Å²) in [6.07, 6.45) is 4.85. The summed E-state index contributed by atoms with van der Waals surface area (Å²) >= 11 is 0. The molecule has 1 rings (SSSR count). The van der Waals surface area contributed by atoms with Gasteiger partial charge in [-0.3, -0.25) is 0 Å². The minimum atomic E-state index is -0.272. The van der Waals surface area contributed by atoms with Crippen molar-refractivity contribution in [3.8, 4) is 0 Å². The van der Waals surface area contributed by atoms with Crippen molar-refractivity contribution in [1.29, 1.82) is 0 Å². The maximum atomic E-state index is 9.68. The molecule has 0 aromatic heterocycles. The molecule has 2 heteroatoms. The number of allylic oxidation sites excluding steroid dienone is 1. The second-order valence-corrected chi connectivity index (χ2v) is 3.98. The average Bonchev–Trinajstić information content (AvgIpc) is 2.08. The monoisotopic (exact) mass is 184 g/mol. The highest BCUT2D eigenvalue weighted by molar-refractivity contribution is 5.07. The van der Waals surface area contributed by atoms with Crippen LogP contribution >= 0.6 is 0 Å². The molecular weight excluding hydrogens is 164 g/mol. The van der Waals surface area contributed by atoms with Crippen molar-refractivity contribution in [2.75, 3.05) is 0 Å². The van der Waals surface area contributed by atoms with E-state index in [1.807, 2.05) is 13.8 Å². The normalized spacial score (nSPS) is 32.8. The van der Waals surface area contributed by atoms with E-state index >= 15 is 0 Å². The van der Waals surface area contributed by atoms with Gasteiger partial charge < -0.3 is 9.84 Å². The molecule has 1 aliphatic rings. The van der Waals surface area contributed by atoms with Gasteiger partial charge in [-0.2, -0.15) is 0 Å². The number of hydrogen-bond acceptors (Lipinski definition) is 2. The van der Waals surface area contributed by atoms with Crippen LogP contribution in [0.15, 0.2) is 11.6 Å². The largest absolute Gasteiger partial charge is 0.390 e. The molecule has 0 aromatic rings. The fourth-order valence-electron chi connectivity index (χ4n) is 1.77. The van der Waals surface area contributed by atoms with Gasteiger partial charge >= 0.3 is 0 Å². The highest BCUT2D eigenvalue weighted by atomic mass is 16.5. The van der Waals surface area contributed by atoms with Crippen molar-refractivity contribution in [3.05, 3.63) is 11.6 Å². The number of aliphatic hydroxyl groups is 1. The van der Waals surface area contributed by atoms with Crippen molar-refractivity contribution < 1.29 is 9.84 Å². The van der Waals surface area contributed by atoms with Gasteiger partial charge in [-0.05, 0) is 40.0 Å². The molecule has 0 aromatic carbocycles. The van der Waals surface area contributed by atoms with E-state index in [9.17, 15) is 5.11 Å². The van der Waals surface area contributed by atoms with E-state index in [-0.39, 0.29) is 18.3 Å². The van der Waals surface area contributed by atoms with Gasteiger partial charge in [0.25, 0.3) is 0 Å². The van der Waals surface area contributed by atoms with Crippen LogP contribution in [0.1, 0.15) is 40.0 Å². The molecule has 0 amide bonds. The van der Waals surface area contributed by atoms with E-state index < -0.39 is 0 Å². The average molecular weight is 184 g/mol. The molecule has 76 valence electrons. The first-order valence-electron chi connectivity index (χ1n) is 5.11. The lowest BCUT2D eigenvalue weighted by Gasteiger charge is -2.30. The summed E-state index contributed by atoms with van der Waals surface area (Å²) in [7, 11) is 0. The standard InChI is InChI=1S/C11H20O2/c1-4-9-5-6-10(12)11(7-9)13-8(2)3/h4,8,10-12H,5-7H2,1-3H3/b9-4+. The molecule has 0 saturated heterocycles. The molecule has 0 spiro atoms.